The lowest BCUT2D eigenvalue weighted by atomic mass is 10.1. The second-order valence-corrected chi connectivity index (χ2v) is 5.46. The van der Waals surface area contributed by atoms with Crippen molar-refractivity contribution in [3.63, 3.8) is 0 Å². The van der Waals surface area contributed by atoms with Crippen LogP contribution in [0.4, 0.5) is 0 Å². The van der Waals surface area contributed by atoms with Gasteiger partial charge < -0.3 is 5.32 Å². The first-order valence-corrected chi connectivity index (χ1v) is 7.41. The SMILES string of the molecule is CC(NC(=O)c1ccccc1-n1cnnn1)c1cccc(Cl)c1. The Morgan fingerprint density at radius 3 is 2.78 bits per heavy atom. The first kappa shape index (κ1) is 15.2. The Bertz CT molecular complexity index is 819. The molecule has 0 fully saturated rings. The van der Waals surface area contributed by atoms with Crippen molar-refractivity contribution in [2.45, 2.75) is 13.0 Å². The monoisotopic (exact) mass is 327 g/mol. The highest BCUT2D eigenvalue weighted by atomic mass is 35.5. The van der Waals surface area contributed by atoms with Gasteiger partial charge in [-0.05, 0) is 47.2 Å². The van der Waals surface area contributed by atoms with Crippen molar-refractivity contribution >= 4 is 17.5 Å². The van der Waals surface area contributed by atoms with Gasteiger partial charge in [0.05, 0.1) is 17.3 Å². The van der Waals surface area contributed by atoms with E-state index in [-0.39, 0.29) is 11.9 Å². The molecule has 1 amide bonds. The van der Waals surface area contributed by atoms with Gasteiger partial charge in [-0.1, -0.05) is 35.9 Å². The van der Waals surface area contributed by atoms with Crippen LogP contribution >= 0.6 is 11.6 Å². The summed E-state index contributed by atoms with van der Waals surface area (Å²) in [5.41, 5.74) is 2.05. The fraction of sp³-hybridized carbons (Fsp3) is 0.125. The quantitative estimate of drug-likeness (QED) is 0.799. The maximum atomic E-state index is 12.6. The Kier molecular flexibility index (Phi) is 4.34. The molecule has 2 aromatic carbocycles. The Morgan fingerprint density at radius 2 is 2.04 bits per heavy atom. The lowest BCUT2D eigenvalue weighted by Gasteiger charge is -2.16. The van der Waals surface area contributed by atoms with E-state index in [0.717, 1.165) is 5.56 Å². The van der Waals surface area contributed by atoms with Crippen molar-refractivity contribution in [1.82, 2.24) is 25.5 Å². The summed E-state index contributed by atoms with van der Waals surface area (Å²) in [5, 5.41) is 14.6. The van der Waals surface area contributed by atoms with Crippen molar-refractivity contribution in [2.24, 2.45) is 0 Å². The number of rotatable bonds is 4. The fourth-order valence-electron chi connectivity index (χ4n) is 2.27. The number of benzene rings is 2. The van der Waals surface area contributed by atoms with Crippen LogP contribution < -0.4 is 5.32 Å². The largest absolute Gasteiger partial charge is 0.345 e. The zero-order valence-electron chi connectivity index (χ0n) is 12.3. The summed E-state index contributed by atoms with van der Waals surface area (Å²) in [6.45, 7) is 1.91. The lowest BCUT2D eigenvalue weighted by molar-refractivity contribution is 0.0939. The highest BCUT2D eigenvalue weighted by Crippen LogP contribution is 2.19. The summed E-state index contributed by atoms with van der Waals surface area (Å²) >= 11 is 6.00. The van der Waals surface area contributed by atoms with Crippen LogP contribution in [0.25, 0.3) is 5.69 Å². The smallest absolute Gasteiger partial charge is 0.253 e. The van der Waals surface area contributed by atoms with Crippen LogP contribution in [0.5, 0.6) is 0 Å². The summed E-state index contributed by atoms with van der Waals surface area (Å²) in [5.74, 6) is -0.205. The summed E-state index contributed by atoms with van der Waals surface area (Å²) < 4.78 is 1.46. The average Bonchev–Trinajstić information content (AvgIpc) is 3.09. The van der Waals surface area contributed by atoms with Gasteiger partial charge in [-0.25, -0.2) is 0 Å². The Labute approximate surface area is 138 Å². The number of tetrazole rings is 1. The molecule has 0 aliphatic heterocycles. The van der Waals surface area contributed by atoms with Crippen LogP contribution in [0.3, 0.4) is 0 Å². The van der Waals surface area contributed by atoms with Gasteiger partial charge in [0.2, 0.25) is 0 Å². The molecule has 1 heterocycles. The van der Waals surface area contributed by atoms with Crippen molar-refractivity contribution in [3.05, 3.63) is 71.0 Å². The predicted octanol–water partition coefficient (Wildman–Crippen LogP) is 2.81. The molecule has 0 aliphatic rings. The number of hydrogen-bond donors (Lipinski definition) is 1. The third-order valence-electron chi connectivity index (χ3n) is 3.44. The van der Waals surface area contributed by atoms with Gasteiger partial charge >= 0.3 is 0 Å². The maximum absolute atomic E-state index is 12.6. The first-order chi connectivity index (χ1) is 11.1. The summed E-state index contributed by atoms with van der Waals surface area (Å²) in [4.78, 5) is 12.6. The molecule has 0 aliphatic carbocycles. The van der Waals surface area contributed by atoms with Crippen LogP contribution in [0.2, 0.25) is 5.02 Å². The number of nitrogens with one attached hydrogen (secondary N) is 1. The molecule has 116 valence electrons. The number of para-hydroxylation sites is 1. The topological polar surface area (TPSA) is 72.7 Å². The summed E-state index contributed by atoms with van der Waals surface area (Å²) in [7, 11) is 0. The van der Waals surface area contributed by atoms with E-state index in [1.54, 1.807) is 24.3 Å². The van der Waals surface area contributed by atoms with E-state index in [1.807, 2.05) is 31.2 Å². The number of amides is 1. The molecule has 0 bridgehead atoms. The maximum Gasteiger partial charge on any atom is 0.253 e. The third kappa shape index (κ3) is 3.37. The van der Waals surface area contributed by atoms with Crippen molar-refractivity contribution in [2.75, 3.05) is 0 Å². The van der Waals surface area contributed by atoms with Crippen LogP contribution in [0.1, 0.15) is 28.9 Å². The number of carbonyl (C=O) groups excluding carboxylic acids is 1. The van der Waals surface area contributed by atoms with Crippen LogP contribution in [-0.2, 0) is 0 Å². The zero-order valence-corrected chi connectivity index (χ0v) is 13.1. The fourth-order valence-corrected chi connectivity index (χ4v) is 2.47. The molecule has 23 heavy (non-hydrogen) atoms. The van der Waals surface area contributed by atoms with Gasteiger partial charge in [-0.15, -0.1) is 5.10 Å². The molecular weight excluding hydrogens is 314 g/mol. The highest BCUT2D eigenvalue weighted by Gasteiger charge is 2.16. The van der Waals surface area contributed by atoms with Gasteiger partial charge in [0, 0.05) is 5.02 Å². The van der Waals surface area contributed by atoms with E-state index in [1.165, 1.54) is 11.0 Å². The lowest BCUT2D eigenvalue weighted by Crippen LogP contribution is -2.27. The van der Waals surface area contributed by atoms with E-state index in [0.29, 0.717) is 16.3 Å². The molecule has 1 unspecified atom stereocenters. The van der Waals surface area contributed by atoms with Gasteiger partial charge in [-0.3, -0.25) is 4.79 Å². The molecule has 3 aromatic rings. The number of carbonyl (C=O) groups is 1. The van der Waals surface area contributed by atoms with Gasteiger partial charge in [0.25, 0.3) is 5.91 Å². The second kappa shape index (κ2) is 6.58. The summed E-state index contributed by atoms with van der Waals surface area (Å²) in [6, 6.07) is 14.4. The number of aromatic nitrogens is 4. The van der Waals surface area contributed by atoms with E-state index in [2.05, 4.69) is 20.8 Å². The number of nitrogens with zero attached hydrogens (tertiary/aromatic N) is 4. The average molecular weight is 328 g/mol. The molecule has 7 heteroatoms. The van der Waals surface area contributed by atoms with Crippen LogP contribution in [0, 0.1) is 0 Å². The zero-order chi connectivity index (χ0) is 16.2. The summed E-state index contributed by atoms with van der Waals surface area (Å²) in [6.07, 6.45) is 1.45. The van der Waals surface area contributed by atoms with Gasteiger partial charge in [-0.2, -0.15) is 4.68 Å². The molecule has 1 N–H and O–H groups in total. The van der Waals surface area contributed by atoms with E-state index in [9.17, 15) is 4.79 Å². The normalized spacial score (nSPS) is 11.9. The predicted molar refractivity (Wildman–Crippen MR) is 86.5 cm³/mol. The van der Waals surface area contributed by atoms with Crippen LogP contribution in [0.15, 0.2) is 54.9 Å². The minimum absolute atomic E-state index is 0.178. The Hall–Kier alpha value is -2.73. The van der Waals surface area contributed by atoms with E-state index >= 15 is 0 Å². The van der Waals surface area contributed by atoms with Crippen molar-refractivity contribution in [1.29, 1.82) is 0 Å². The second-order valence-electron chi connectivity index (χ2n) is 5.02. The molecule has 0 radical (unpaired) electrons. The van der Waals surface area contributed by atoms with E-state index < -0.39 is 0 Å². The molecule has 0 saturated carbocycles. The highest BCUT2D eigenvalue weighted by molar-refractivity contribution is 6.30. The van der Waals surface area contributed by atoms with Crippen molar-refractivity contribution < 1.29 is 4.79 Å². The van der Waals surface area contributed by atoms with Crippen molar-refractivity contribution in [3.8, 4) is 5.69 Å². The van der Waals surface area contributed by atoms with E-state index in [4.69, 9.17) is 11.6 Å². The minimum atomic E-state index is -0.205. The Morgan fingerprint density at radius 1 is 1.22 bits per heavy atom. The third-order valence-corrected chi connectivity index (χ3v) is 3.68. The standard InChI is InChI=1S/C16H14ClN5O/c1-11(12-5-4-6-13(17)9-12)19-16(23)14-7-2-3-8-15(14)22-10-18-20-21-22/h2-11H,1H3,(H,19,23). The molecule has 1 atom stereocenters. The number of hydrogen-bond acceptors (Lipinski definition) is 4. The minimum Gasteiger partial charge on any atom is -0.345 e. The van der Waals surface area contributed by atoms with Crippen LogP contribution in [-0.4, -0.2) is 26.1 Å². The first-order valence-electron chi connectivity index (χ1n) is 7.04. The molecule has 0 spiro atoms. The molecule has 1 aromatic heterocycles. The van der Waals surface area contributed by atoms with Gasteiger partial charge in [0.1, 0.15) is 6.33 Å². The number of halogens is 1. The molecular formula is C16H14ClN5O. The molecule has 0 saturated heterocycles. The molecule has 6 nitrogen and oxygen atoms in total. The Balaban J connectivity index is 1.84. The van der Waals surface area contributed by atoms with Gasteiger partial charge in [0.15, 0.2) is 0 Å². The molecule has 3 rings (SSSR count).